The summed E-state index contributed by atoms with van der Waals surface area (Å²) < 4.78 is 26.6. The van der Waals surface area contributed by atoms with Crippen LogP contribution in [-0.2, 0) is 11.8 Å². The maximum absolute atomic E-state index is 14.3. The van der Waals surface area contributed by atoms with Crippen LogP contribution in [0.15, 0.2) is 36.5 Å². The lowest BCUT2D eigenvalue weighted by Gasteiger charge is -2.12. The molecule has 8 nitrogen and oxygen atoms in total. The molecule has 0 aliphatic carbocycles. The molecule has 1 aromatic heterocycles. The van der Waals surface area contributed by atoms with Crippen molar-refractivity contribution in [2.75, 3.05) is 6.61 Å². The van der Waals surface area contributed by atoms with Gasteiger partial charge in [0, 0.05) is 24.6 Å². The lowest BCUT2D eigenvalue weighted by Crippen LogP contribution is -2.12. The molecule has 0 spiro atoms. The molecule has 0 aliphatic rings. The minimum atomic E-state index is -1.01. The molecule has 0 saturated heterocycles. The number of nitrogens with two attached hydrogens (primary N) is 1. The highest BCUT2D eigenvalue weighted by molar-refractivity contribution is 6.00. The third kappa shape index (κ3) is 3.97. The Balaban J connectivity index is 1.88. The summed E-state index contributed by atoms with van der Waals surface area (Å²) in [5.74, 6) is -2.34. The van der Waals surface area contributed by atoms with Crippen LogP contribution < -0.4 is 15.2 Å². The molecule has 2 aromatic carbocycles. The zero-order chi connectivity index (χ0) is 19.6. The molecule has 0 fully saturated rings. The number of carbonyl (C=O) groups is 2. The van der Waals surface area contributed by atoms with Crippen LogP contribution in [0.1, 0.15) is 16.8 Å². The number of hydrogen-bond acceptors (Lipinski definition) is 5. The molecule has 0 atom stereocenters. The molecule has 0 saturated carbocycles. The molecule has 27 heavy (non-hydrogen) atoms. The fraction of sp³-hybridized carbons (Fsp3) is 0.167. The van der Waals surface area contributed by atoms with Gasteiger partial charge < -0.3 is 20.3 Å². The number of benzene rings is 2. The summed E-state index contributed by atoms with van der Waals surface area (Å²) in [6, 6.07) is 6.92. The molecule has 1 heterocycles. The standard InChI is InChI=1S/C18H16FN3O5/c1-22-14-8-16(12(18(20)25)6-10(14)9-21-22)27-15-3-2-11(7-13(15)19)26-5-4-17(23)24/h2-3,6-9H,4-5H2,1H3,(H2,20,25)(H,23,24). The predicted octanol–water partition coefficient (Wildman–Crippen LogP) is 2.46. The van der Waals surface area contributed by atoms with Gasteiger partial charge in [0.15, 0.2) is 11.6 Å². The van der Waals surface area contributed by atoms with Gasteiger partial charge in [-0.1, -0.05) is 0 Å². The number of carbonyl (C=O) groups excluding carboxylic acids is 1. The maximum atomic E-state index is 14.3. The van der Waals surface area contributed by atoms with Gasteiger partial charge in [-0.15, -0.1) is 0 Å². The highest BCUT2D eigenvalue weighted by Crippen LogP contribution is 2.32. The van der Waals surface area contributed by atoms with Gasteiger partial charge in [0.05, 0.1) is 30.3 Å². The lowest BCUT2D eigenvalue weighted by molar-refractivity contribution is -0.137. The molecule has 0 aliphatic heterocycles. The number of amides is 1. The van der Waals surface area contributed by atoms with Crippen molar-refractivity contribution in [1.29, 1.82) is 0 Å². The van der Waals surface area contributed by atoms with Gasteiger partial charge in [-0.05, 0) is 18.2 Å². The molecular formula is C18H16FN3O5. The second-order valence-corrected chi connectivity index (χ2v) is 5.73. The Morgan fingerprint density at radius 2 is 2.04 bits per heavy atom. The molecule has 3 rings (SSSR count). The Hall–Kier alpha value is -3.62. The van der Waals surface area contributed by atoms with Gasteiger partial charge in [0.2, 0.25) is 0 Å². The Kier molecular flexibility index (Phi) is 4.93. The van der Waals surface area contributed by atoms with Crippen LogP contribution in [-0.4, -0.2) is 33.4 Å². The van der Waals surface area contributed by atoms with Crippen LogP contribution in [0, 0.1) is 5.82 Å². The van der Waals surface area contributed by atoms with Crippen LogP contribution in [0.3, 0.4) is 0 Å². The number of aryl methyl sites for hydroxylation is 1. The van der Waals surface area contributed by atoms with Crippen molar-refractivity contribution in [3.8, 4) is 17.2 Å². The van der Waals surface area contributed by atoms with Crippen molar-refractivity contribution in [3.63, 3.8) is 0 Å². The lowest BCUT2D eigenvalue weighted by atomic mass is 10.1. The van der Waals surface area contributed by atoms with Gasteiger partial charge in [0.25, 0.3) is 5.91 Å². The molecule has 3 aromatic rings. The fourth-order valence-electron chi connectivity index (χ4n) is 2.49. The number of rotatable bonds is 7. The van der Waals surface area contributed by atoms with E-state index in [1.54, 1.807) is 24.0 Å². The van der Waals surface area contributed by atoms with Crippen LogP contribution in [0.5, 0.6) is 17.2 Å². The first-order valence-corrected chi connectivity index (χ1v) is 7.92. The molecule has 3 N–H and O–H groups in total. The van der Waals surface area contributed by atoms with Gasteiger partial charge >= 0.3 is 5.97 Å². The normalized spacial score (nSPS) is 10.7. The smallest absolute Gasteiger partial charge is 0.306 e. The topological polar surface area (TPSA) is 117 Å². The van der Waals surface area contributed by atoms with Crippen molar-refractivity contribution in [2.24, 2.45) is 12.8 Å². The monoisotopic (exact) mass is 373 g/mol. The zero-order valence-corrected chi connectivity index (χ0v) is 14.3. The van der Waals surface area contributed by atoms with Crippen molar-refractivity contribution < 1.29 is 28.6 Å². The highest BCUT2D eigenvalue weighted by Gasteiger charge is 2.16. The Bertz CT molecular complexity index is 1030. The molecule has 1 amide bonds. The first kappa shape index (κ1) is 18.2. The number of aromatic nitrogens is 2. The second kappa shape index (κ2) is 7.32. The summed E-state index contributed by atoms with van der Waals surface area (Å²) in [7, 11) is 1.72. The van der Waals surface area contributed by atoms with E-state index in [0.717, 1.165) is 6.07 Å². The number of aliphatic carboxylic acids is 1. The van der Waals surface area contributed by atoms with Crippen molar-refractivity contribution in [1.82, 2.24) is 9.78 Å². The molecule has 0 radical (unpaired) electrons. The quantitative estimate of drug-likeness (QED) is 0.657. The first-order chi connectivity index (χ1) is 12.8. The number of carboxylic acids is 1. The van der Waals surface area contributed by atoms with Gasteiger partial charge in [0.1, 0.15) is 11.5 Å². The van der Waals surface area contributed by atoms with Gasteiger partial charge in [-0.2, -0.15) is 5.10 Å². The van der Waals surface area contributed by atoms with Crippen LogP contribution in [0.4, 0.5) is 4.39 Å². The summed E-state index contributed by atoms with van der Waals surface area (Å²) >= 11 is 0. The summed E-state index contributed by atoms with van der Waals surface area (Å²) in [5.41, 5.74) is 6.18. The van der Waals surface area contributed by atoms with Crippen LogP contribution in [0.2, 0.25) is 0 Å². The summed E-state index contributed by atoms with van der Waals surface area (Å²) in [5, 5.41) is 13.4. The first-order valence-electron chi connectivity index (χ1n) is 7.92. The fourth-order valence-corrected chi connectivity index (χ4v) is 2.49. The van der Waals surface area contributed by atoms with Gasteiger partial charge in [-0.3, -0.25) is 14.3 Å². The summed E-state index contributed by atoms with van der Waals surface area (Å²) in [6.45, 7) is -0.0854. The summed E-state index contributed by atoms with van der Waals surface area (Å²) in [6.07, 6.45) is 1.38. The number of hydrogen-bond donors (Lipinski definition) is 2. The third-order valence-corrected chi connectivity index (χ3v) is 3.82. The molecule has 0 bridgehead atoms. The number of fused-ring (bicyclic) bond motifs is 1. The highest BCUT2D eigenvalue weighted by atomic mass is 19.1. The molecular weight excluding hydrogens is 357 g/mol. The average molecular weight is 373 g/mol. The molecule has 140 valence electrons. The number of halogens is 1. The summed E-state index contributed by atoms with van der Waals surface area (Å²) in [4.78, 5) is 22.2. The minimum Gasteiger partial charge on any atom is -0.493 e. The number of primary amides is 1. The van der Waals surface area contributed by atoms with E-state index in [-0.39, 0.29) is 35.8 Å². The SMILES string of the molecule is Cn1ncc2cc(C(N)=O)c(Oc3ccc(OCCC(=O)O)cc3F)cc21. The van der Waals surface area contributed by atoms with E-state index in [9.17, 15) is 14.0 Å². The van der Waals surface area contributed by atoms with E-state index >= 15 is 0 Å². The van der Waals surface area contributed by atoms with E-state index in [1.165, 1.54) is 18.2 Å². The number of ether oxygens (including phenoxy) is 2. The van der Waals surface area contributed by atoms with Crippen molar-refractivity contribution in [3.05, 3.63) is 47.9 Å². The van der Waals surface area contributed by atoms with E-state index < -0.39 is 17.7 Å². The van der Waals surface area contributed by atoms with Gasteiger partial charge in [-0.25, -0.2) is 4.39 Å². The van der Waals surface area contributed by atoms with Crippen molar-refractivity contribution in [2.45, 2.75) is 6.42 Å². The van der Waals surface area contributed by atoms with E-state index in [4.69, 9.17) is 20.3 Å². The van der Waals surface area contributed by atoms with Crippen molar-refractivity contribution >= 4 is 22.8 Å². The molecule has 9 heteroatoms. The Morgan fingerprint density at radius 1 is 1.26 bits per heavy atom. The van der Waals surface area contributed by atoms with E-state index in [0.29, 0.717) is 10.9 Å². The maximum Gasteiger partial charge on any atom is 0.306 e. The minimum absolute atomic E-state index is 0.0854. The van der Waals surface area contributed by atoms with Crippen LogP contribution >= 0.6 is 0 Å². The average Bonchev–Trinajstić information content (AvgIpc) is 2.96. The third-order valence-electron chi connectivity index (χ3n) is 3.82. The zero-order valence-electron chi connectivity index (χ0n) is 14.3. The number of nitrogens with zero attached hydrogens (tertiary/aromatic N) is 2. The van der Waals surface area contributed by atoms with Crippen LogP contribution in [0.25, 0.3) is 10.9 Å². The Morgan fingerprint density at radius 3 is 2.70 bits per heavy atom. The molecule has 0 unspecified atom stereocenters. The Labute approximate surface area is 152 Å². The van der Waals surface area contributed by atoms with E-state index in [2.05, 4.69) is 5.10 Å². The predicted molar refractivity (Wildman–Crippen MR) is 93.5 cm³/mol. The van der Waals surface area contributed by atoms with E-state index in [1.807, 2.05) is 0 Å². The number of carboxylic acid groups (broad SMARTS) is 1. The largest absolute Gasteiger partial charge is 0.493 e. The second-order valence-electron chi connectivity index (χ2n) is 5.73.